The normalized spacial score (nSPS) is 10.6. The lowest BCUT2D eigenvalue weighted by Crippen LogP contribution is -2.13. The minimum absolute atomic E-state index is 0.479. The molecular weight excluding hydrogens is 295 g/mol. The summed E-state index contributed by atoms with van der Waals surface area (Å²) in [6, 6.07) is 7.08. The Morgan fingerprint density at radius 1 is 1.20 bits per heavy atom. The van der Waals surface area contributed by atoms with Gasteiger partial charge in [-0.05, 0) is 42.8 Å². The van der Waals surface area contributed by atoms with Crippen molar-refractivity contribution in [2.24, 2.45) is 0 Å². The largest absolute Gasteiger partial charge is 0.454 e. The summed E-state index contributed by atoms with van der Waals surface area (Å²) in [5, 5.41) is 4.38. The van der Waals surface area contributed by atoms with Crippen LogP contribution in [-0.4, -0.2) is 11.5 Å². The number of nitrogens with one attached hydrogen (secondary N) is 1. The van der Waals surface area contributed by atoms with E-state index in [2.05, 4.69) is 17.2 Å². The van der Waals surface area contributed by atoms with E-state index < -0.39 is 0 Å². The smallest absolute Gasteiger partial charge is 0.146 e. The van der Waals surface area contributed by atoms with Crippen LogP contribution in [-0.2, 0) is 6.54 Å². The minimum Gasteiger partial charge on any atom is -0.454 e. The van der Waals surface area contributed by atoms with E-state index in [1.165, 1.54) is 0 Å². The maximum atomic E-state index is 6.08. The lowest BCUT2D eigenvalue weighted by Gasteiger charge is -2.09. The number of hydrogen-bond acceptors (Lipinski definition) is 3. The van der Waals surface area contributed by atoms with Gasteiger partial charge in [-0.3, -0.25) is 4.98 Å². The third kappa shape index (κ3) is 4.37. The molecule has 20 heavy (non-hydrogen) atoms. The van der Waals surface area contributed by atoms with Crippen LogP contribution in [0.5, 0.6) is 11.5 Å². The van der Waals surface area contributed by atoms with Crippen LogP contribution in [0, 0.1) is 0 Å². The highest BCUT2D eigenvalue weighted by Gasteiger charge is 2.05. The molecule has 5 heteroatoms. The number of rotatable bonds is 6. The first-order chi connectivity index (χ1) is 9.69. The van der Waals surface area contributed by atoms with Crippen LogP contribution < -0.4 is 10.1 Å². The molecule has 0 atom stereocenters. The number of hydrogen-bond donors (Lipinski definition) is 1. The van der Waals surface area contributed by atoms with Crippen LogP contribution in [0.4, 0.5) is 0 Å². The van der Waals surface area contributed by atoms with Gasteiger partial charge < -0.3 is 10.1 Å². The molecule has 0 bridgehead atoms. The van der Waals surface area contributed by atoms with Crippen LogP contribution in [0.15, 0.2) is 36.7 Å². The number of ether oxygens (including phenoxy) is 1. The molecular formula is C15H16Cl2N2O. The van der Waals surface area contributed by atoms with Gasteiger partial charge in [-0.2, -0.15) is 0 Å². The van der Waals surface area contributed by atoms with E-state index in [-0.39, 0.29) is 0 Å². The third-order valence-electron chi connectivity index (χ3n) is 2.65. The van der Waals surface area contributed by atoms with Crippen molar-refractivity contribution in [2.75, 3.05) is 6.54 Å². The molecule has 0 aliphatic rings. The molecule has 0 amide bonds. The van der Waals surface area contributed by atoms with Crippen LogP contribution in [0.25, 0.3) is 0 Å². The highest BCUT2D eigenvalue weighted by atomic mass is 35.5. The summed E-state index contributed by atoms with van der Waals surface area (Å²) in [6.07, 6.45) is 4.58. The van der Waals surface area contributed by atoms with Crippen molar-refractivity contribution in [2.45, 2.75) is 19.9 Å². The molecule has 1 heterocycles. The Balaban J connectivity index is 2.07. The maximum Gasteiger partial charge on any atom is 0.146 e. The molecule has 0 saturated heterocycles. The second kappa shape index (κ2) is 7.48. The van der Waals surface area contributed by atoms with Gasteiger partial charge in [0.25, 0.3) is 0 Å². The van der Waals surface area contributed by atoms with Crippen molar-refractivity contribution in [3.05, 3.63) is 52.3 Å². The fraction of sp³-hybridized carbons (Fsp3) is 0.267. The van der Waals surface area contributed by atoms with Crippen molar-refractivity contribution in [1.29, 1.82) is 0 Å². The third-order valence-corrected chi connectivity index (χ3v) is 3.18. The molecule has 2 rings (SSSR count). The lowest BCUT2D eigenvalue weighted by atomic mass is 10.2. The molecule has 0 saturated carbocycles. The quantitative estimate of drug-likeness (QED) is 0.787. The molecule has 0 fully saturated rings. The Kier molecular flexibility index (Phi) is 5.65. The SMILES string of the molecule is CCCNCc1cncc(Oc2ccc(Cl)cc2Cl)c1. The van der Waals surface area contributed by atoms with Crippen LogP contribution >= 0.6 is 23.2 Å². The van der Waals surface area contributed by atoms with Crippen molar-refractivity contribution >= 4 is 23.2 Å². The Hall–Kier alpha value is -1.29. The number of pyridine rings is 1. The second-order valence-corrected chi connectivity index (χ2v) is 5.23. The first-order valence-corrected chi connectivity index (χ1v) is 7.22. The predicted octanol–water partition coefficient (Wildman–Crippen LogP) is 4.68. The zero-order valence-electron chi connectivity index (χ0n) is 11.2. The number of halogens is 2. The second-order valence-electron chi connectivity index (χ2n) is 4.38. The van der Waals surface area contributed by atoms with Gasteiger partial charge in [-0.15, -0.1) is 0 Å². The minimum atomic E-state index is 0.479. The first kappa shape index (κ1) is 15.1. The molecule has 2 aromatic rings. The van der Waals surface area contributed by atoms with Gasteiger partial charge in [0.15, 0.2) is 0 Å². The van der Waals surface area contributed by atoms with Gasteiger partial charge in [0.2, 0.25) is 0 Å². The van der Waals surface area contributed by atoms with E-state index in [0.29, 0.717) is 21.5 Å². The Labute approximate surface area is 128 Å². The molecule has 1 aromatic carbocycles. The molecule has 0 radical (unpaired) electrons. The fourth-order valence-electron chi connectivity index (χ4n) is 1.71. The Bertz CT molecular complexity index is 576. The number of nitrogens with zero attached hydrogens (tertiary/aromatic N) is 1. The summed E-state index contributed by atoms with van der Waals surface area (Å²) in [4.78, 5) is 4.17. The Morgan fingerprint density at radius 3 is 2.80 bits per heavy atom. The fourth-order valence-corrected chi connectivity index (χ4v) is 2.16. The molecule has 0 spiro atoms. The zero-order chi connectivity index (χ0) is 14.4. The van der Waals surface area contributed by atoms with Crippen molar-refractivity contribution in [3.8, 4) is 11.5 Å². The highest BCUT2D eigenvalue weighted by Crippen LogP contribution is 2.31. The van der Waals surface area contributed by atoms with E-state index in [1.807, 2.05) is 12.3 Å². The Morgan fingerprint density at radius 2 is 2.05 bits per heavy atom. The highest BCUT2D eigenvalue weighted by molar-refractivity contribution is 6.35. The summed E-state index contributed by atoms with van der Waals surface area (Å²) < 4.78 is 5.73. The summed E-state index contributed by atoms with van der Waals surface area (Å²) in [5.74, 6) is 1.22. The van der Waals surface area contributed by atoms with E-state index in [0.717, 1.165) is 25.1 Å². The van der Waals surface area contributed by atoms with Gasteiger partial charge in [0.1, 0.15) is 11.5 Å². The standard InChI is InChI=1S/C15H16Cl2N2O/c1-2-5-18-8-11-6-13(10-19-9-11)20-15-4-3-12(16)7-14(15)17/h3-4,6-7,9-10,18H,2,5,8H2,1H3. The van der Waals surface area contributed by atoms with Gasteiger partial charge in [-0.1, -0.05) is 30.1 Å². The molecule has 0 aliphatic carbocycles. The van der Waals surface area contributed by atoms with Gasteiger partial charge in [0, 0.05) is 17.8 Å². The summed E-state index contributed by atoms with van der Waals surface area (Å²) >= 11 is 11.9. The van der Waals surface area contributed by atoms with Crippen LogP contribution in [0.3, 0.4) is 0 Å². The van der Waals surface area contributed by atoms with Gasteiger partial charge >= 0.3 is 0 Å². The molecule has 3 nitrogen and oxygen atoms in total. The van der Waals surface area contributed by atoms with Crippen molar-refractivity contribution in [3.63, 3.8) is 0 Å². The van der Waals surface area contributed by atoms with E-state index in [1.54, 1.807) is 24.4 Å². The molecule has 106 valence electrons. The zero-order valence-corrected chi connectivity index (χ0v) is 12.7. The number of aromatic nitrogens is 1. The van der Waals surface area contributed by atoms with Crippen molar-refractivity contribution in [1.82, 2.24) is 10.3 Å². The summed E-state index contributed by atoms with van der Waals surface area (Å²) in [5.41, 5.74) is 1.07. The van der Waals surface area contributed by atoms with E-state index >= 15 is 0 Å². The monoisotopic (exact) mass is 310 g/mol. The first-order valence-electron chi connectivity index (χ1n) is 6.46. The van der Waals surface area contributed by atoms with Crippen LogP contribution in [0.2, 0.25) is 10.0 Å². The van der Waals surface area contributed by atoms with Gasteiger partial charge in [-0.25, -0.2) is 0 Å². The lowest BCUT2D eigenvalue weighted by molar-refractivity contribution is 0.479. The average Bonchev–Trinajstić information content (AvgIpc) is 2.43. The van der Waals surface area contributed by atoms with Crippen LogP contribution in [0.1, 0.15) is 18.9 Å². The van der Waals surface area contributed by atoms with Gasteiger partial charge in [0.05, 0.1) is 11.2 Å². The molecule has 0 unspecified atom stereocenters. The average molecular weight is 311 g/mol. The molecule has 1 aromatic heterocycles. The molecule has 1 N–H and O–H groups in total. The predicted molar refractivity (Wildman–Crippen MR) is 82.8 cm³/mol. The molecule has 0 aliphatic heterocycles. The summed E-state index contributed by atoms with van der Waals surface area (Å²) in [7, 11) is 0. The van der Waals surface area contributed by atoms with E-state index in [4.69, 9.17) is 27.9 Å². The summed E-state index contributed by atoms with van der Waals surface area (Å²) in [6.45, 7) is 3.88. The topological polar surface area (TPSA) is 34.2 Å². The van der Waals surface area contributed by atoms with Crippen molar-refractivity contribution < 1.29 is 4.74 Å². The maximum absolute atomic E-state index is 6.08. The number of benzene rings is 1. The van der Waals surface area contributed by atoms with E-state index in [9.17, 15) is 0 Å².